The molecule has 13 aromatic rings. The molecule has 10 aromatic carbocycles. The predicted octanol–water partition coefficient (Wildman–Crippen LogP) is 15.0. The molecule has 0 saturated carbocycles. The molecule has 0 spiro atoms. The number of para-hydroxylation sites is 3. The molecular weight excluding hydrogens is 779 g/mol. The van der Waals surface area contributed by atoms with E-state index in [1.807, 2.05) is 18.2 Å². The highest BCUT2D eigenvalue weighted by Crippen LogP contribution is 2.44. The van der Waals surface area contributed by atoms with Crippen molar-refractivity contribution in [2.75, 3.05) is 0 Å². The molecule has 5 nitrogen and oxygen atoms in total. The fourth-order valence-electron chi connectivity index (χ4n) is 9.84. The molecule has 0 unspecified atom stereocenters. The molecule has 0 aliphatic heterocycles. The monoisotopic (exact) mass is 815 g/mol. The Morgan fingerprint density at radius 2 is 0.781 bits per heavy atom. The van der Waals surface area contributed by atoms with Crippen molar-refractivity contribution in [1.29, 1.82) is 0 Å². The van der Waals surface area contributed by atoms with Gasteiger partial charge in [-0.15, -0.1) is 0 Å². The van der Waals surface area contributed by atoms with Crippen LogP contribution in [0.25, 0.3) is 122 Å². The molecule has 0 bridgehead atoms. The van der Waals surface area contributed by atoms with E-state index in [2.05, 4.69) is 215 Å². The minimum atomic E-state index is 0.608. The van der Waals surface area contributed by atoms with Gasteiger partial charge in [0.05, 0.1) is 27.8 Å². The van der Waals surface area contributed by atoms with E-state index in [1.165, 1.54) is 32.3 Å². The molecule has 5 heteroatoms. The molecule has 64 heavy (non-hydrogen) atoms. The van der Waals surface area contributed by atoms with Crippen molar-refractivity contribution in [3.8, 4) is 56.7 Å². The van der Waals surface area contributed by atoms with Crippen LogP contribution in [0.15, 0.2) is 224 Å². The van der Waals surface area contributed by atoms with E-state index in [0.29, 0.717) is 17.5 Å². The minimum Gasteiger partial charge on any atom is -0.309 e. The lowest BCUT2D eigenvalue weighted by atomic mass is 9.92. The van der Waals surface area contributed by atoms with Crippen LogP contribution < -0.4 is 0 Å². The molecule has 0 fully saturated rings. The van der Waals surface area contributed by atoms with Gasteiger partial charge < -0.3 is 9.13 Å². The van der Waals surface area contributed by atoms with Crippen molar-refractivity contribution in [2.45, 2.75) is 0 Å². The van der Waals surface area contributed by atoms with Crippen molar-refractivity contribution in [1.82, 2.24) is 24.1 Å². The largest absolute Gasteiger partial charge is 0.309 e. The lowest BCUT2D eigenvalue weighted by molar-refractivity contribution is 1.08. The van der Waals surface area contributed by atoms with E-state index in [-0.39, 0.29) is 0 Å². The number of rotatable bonds is 6. The summed E-state index contributed by atoms with van der Waals surface area (Å²) in [5, 5.41) is 9.40. The third kappa shape index (κ3) is 5.68. The normalized spacial score (nSPS) is 11.8. The first-order chi connectivity index (χ1) is 31.7. The van der Waals surface area contributed by atoms with E-state index in [1.54, 1.807) is 0 Å². The van der Waals surface area contributed by atoms with Crippen LogP contribution in [0, 0.1) is 0 Å². The van der Waals surface area contributed by atoms with Crippen molar-refractivity contribution >= 4 is 65.2 Å². The molecule has 0 atom stereocenters. The maximum absolute atomic E-state index is 5.49. The van der Waals surface area contributed by atoms with Crippen LogP contribution in [0.4, 0.5) is 0 Å². The van der Waals surface area contributed by atoms with E-state index in [4.69, 9.17) is 15.0 Å². The van der Waals surface area contributed by atoms with Gasteiger partial charge in [-0.1, -0.05) is 176 Å². The van der Waals surface area contributed by atoms with E-state index in [0.717, 1.165) is 72.0 Å². The van der Waals surface area contributed by atoms with E-state index >= 15 is 0 Å². The zero-order valence-corrected chi connectivity index (χ0v) is 34.6. The summed E-state index contributed by atoms with van der Waals surface area (Å²) in [4.78, 5) is 16.1. The summed E-state index contributed by atoms with van der Waals surface area (Å²) in [5.74, 6) is 1.84. The molecule has 13 rings (SSSR count). The van der Waals surface area contributed by atoms with Crippen LogP contribution >= 0.6 is 0 Å². The lowest BCUT2D eigenvalue weighted by Crippen LogP contribution is -2.04. The average molecular weight is 816 g/mol. The fraction of sp³-hybridized carbons (Fsp3) is 0. The van der Waals surface area contributed by atoms with Gasteiger partial charge in [-0.05, 0) is 75.8 Å². The highest BCUT2D eigenvalue weighted by atomic mass is 15.0. The Balaban J connectivity index is 1.11. The molecule has 0 N–H and O–H groups in total. The second-order valence-electron chi connectivity index (χ2n) is 16.4. The number of aromatic nitrogens is 5. The van der Waals surface area contributed by atoms with Gasteiger partial charge in [-0.2, -0.15) is 0 Å². The molecule has 0 amide bonds. The molecule has 0 aliphatic rings. The second kappa shape index (κ2) is 14.5. The minimum absolute atomic E-state index is 0.608. The van der Waals surface area contributed by atoms with Crippen molar-refractivity contribution in [2.24, 2.45) is 0 Å². The predicted molar refractivity (Wildman–Crippen MR) is 265 cm³/mol. The van der Waals surface area contributed by atoms with Gasteiger partial charge in [0.15, 0.2) is 17.5 Å². The summed E-state index contributed by atoms with van der Waals surface area (Å²) in [6.07, 6.45) is 0. The Labute approximate surface area is 368 Å². The van der Waals surface area contributed by atoms with E-state index in [9.17, 15) is 0 Å². The van der Waals surface area contributed by atoms with Crippen LogP contribution in [0.5, 0.6) is 0 Å². The smallest absolute Gasteiger partial charge is 0.165 e. The number of hydrogen-bond acceptors (Lipinski definition) is 3. The summed E-state index contributed by atoms with van der Waals surface area (Å²) in [7, 11) is 0. The summed E-state index contributed by atoms with van der Waals surface area (Å²) in [6.45, 7) is 0. The molecule has 3 aromatic heterocycles. The van der Waals surface area contributed by atoms with Crippen LogP contribution in [0.2, 0.25) is 0 Å². The van der Waals surface area contributed by atoms with Gasteiger partial charge >= 0.3 is 0 Å². The Hall–Kier alpha value is -8.67. The first kappa shape index (κ1) is 36.0. The number of benzene rings is 10. The van der Waals surface area contributed by atoms with Gasteiger partial charge in [-0.25, -0.2) is 15.0 Å². The van der Waals surface area contributed by atoms with Gasteiger partial charge in [0, 0.05) is 49.3 Å². The molecule has 298 valence electrons. The summed E-state index contributed by atoms with van der Waals surface area (Å²) in [5.41, 5.74) is 11.7. The third-order valence-corrected chi connectivity index (χ3v) is 12.7. The average Bonchev–Trinajstić information content (AvgIpc) is 3.87. The zero-order valence-electron chi connectivity index (χ0n) is 34.6. The second-order valence-corrected chi connectivity index (χ2v) is 16.4. The Kier molecular flexibility index (Phi) is 8.15. The first-order valence-electron chi connectivity index (χ1n) is 21.7. The summed E-state index contributed by atoms with van der Waals surface area (Å²) in [6, 6.07) is 79.8. The van der Waals surface area contributed by atoms with Gasteiger partial charge in [0.2, 0.25) is 0 Å². The summed E-state index contributed by atoms with van der Waals surface area (Å²) >= 11 is 0. The number of hydrogen-bond donors (Lipinski definition) is 0. The highest BCUT2D eigenvalue weighted by Gasteiger charge is 2.24. The first-order valence-corrected chi connectivity index (χ1v) is 21.7. The Morgan fingerprint density at radius 3 is 1.50 bits per heavy atom. The Bertz CT molecular complexity index is 3940. The summed E-state index contributed by atoms with van der Waals surface area (Å²) < 4.78 is 4.79. The van der Waals surface area contributed by atoms with Crippen molar-refractivity contribution in [3.05, 3.63) is 224 Å². The molecule has 0 radical (unpaired) electrons. The molecule has 3 heterocycles. The van der Waals surface area contributed by atoms with E-state index < -0.39 is 0 Å². The number of fused-ring (bicyclic) bond motifs is 8. The van der Waals surface area contributed by atoms with Crippen LogP contribution in [-0.2, 0) is 0 Å². The topological polar surface area (TPSA) is 48.5 Å². The van der Waals surface area contributed by atoms with Crippen LogP contribution in [-0.4, -0.2) is 24.1 Å². The standard InChI is InChI=1S/C59H37N5/c1-4-18-38(19-5-1)49-37-55(64-52-31-17-15-28-46(52)50-34-40-22-10-11-23-41(40)35-54(50)64)45-27-12-13-29-48(45)56(49)59-61-57(39-20-6-2-7-21-39)60-58(62-59)42-32-33-47-44-26-14-16-30-51(44)63(53(47)36-42)43-24-8-3-9-25-43/h1-37H. The maximum Gasteiger partial charge on any atom is 0.165 e. The van der Waals surface area contributed by atoms with Crippen LogP contribution in [0.1, 0.15) is 0 Å². The number of nitrogens with zero attached hydrogens (tertiary/aromatic N) is 5. The zero-order chi connectivity index (χ0) is 42.1. The van der Waals surface area contributed by atoms with Crippen molar-refractivity contribution in [3.63, 3.8) is 0 Å². The lowest BCUT2D eigenvalue weighted by Gasteiger charge is -2.19. The highest BCUT2D eigenvalue weighted by molar-refractivity contribution is 6.16. The van der Waals surface area contributed by atoms with Crippen molar-refractivity contribution < 1.29 is 0 Å². The Morgan fingerprint density at radius 1 is 0.281 bits per heavy atom. The SMILES string of the molecule is c1ccc(-c2nc(-c3ccc4c5ccccc5n(-c5ccccc5)c4c3)nc(-c3c(-c4ccccc4)cc(-n4c5ccccc5c5cc6ccccc6cc54)c4ccccc34)n2)cc1. The van der Waals surface area contributed by atoms with Gasteiger partial charge in [0.1, 0.15) is 0 Å². The molecule has 0 saturated heterocycles. The quantitative estimate of drug-likeness (QED) is 0.168. The molecular formula is C59H37N5. The maximum atomic E-state index is 5.49. The van der Waals surface area contributed by atoms with Crippen LogP contribution in [0.3, 0.4) is 0 Å². The molecule has 0 aliphatic carbocycles. The fourth-order valence-corrected chi connectivity index (χ4v) is 9.84. The third-order valence-electron chi connectivity index (χ3n) is 12.7. The van der Waals surface area contributed by atoms with Gasteiger partial charge in [0.25, 0.3) is 0 Å². The van der Waals surface area contributed by atoms with Gasteiger partial charge in [-0.3, -0.25) is 0 Å².